The molecular weight excluding hydrogens is 186 g/mol. The molecule has 0 amide bonds. The van der Waals surface area contributed by atoms with Crippen LogP contribution in [0.15, 0.2) is 18.2 Å². The van der Waals surface area contributed by atoms with Crippen molar-refractivity contribution in [1.82, 2.24) is 0 Å². The highest BCUT2D eigenvalue weighted by molar-refractivity contribution is 6.31. The van der Waals surface area contributed by atoms with Crippen LogP contribution in [0.1, 0.15) is 10.4 Å². The lowest BCUT2D eigenvalue weighted by Gasteiger charge is -1.99. The van der Waals surface area contributed by atoms with Crippen molar-refractivity contribution in [3.8, 4) is 0 Å². The number of alkyl halides is 1. The van der Waals surface area contributed by atoms with Crippen LogP contribution in [-0.2, 0) is 0 Å². The molecule has 0 radical (unpaired) electrons. The molecular formula is C8H5ClF2O. The lowest BCUT2D eigenvalue weighted by molar-refractivity contribution is 0.0954. The highest BCUT2D eigenvalue weighted by Crippen LogP contribution is 2.18. The number of carbonyl (C=O) groups excluding carboxylic acids is 1. The number of rotatable bonds is 2. The molecule has 12 heavy (non-hydrogen) atoms. The van der Waals surface area contributed by atoms with E-state index in [0.29, 0.717) is 0 Å². The molecule has 0 N–H and O–H groups in total. The zero-order valence-electron chi connectivity index (χ0n) is 5.98. The number of Topliss-reactive ketones (excluding diaryl/α,β-unsaturated/α-hetero) is 1. The smallest absolute Gasteiger partial charge is 0.196 e. The summed E-state index contributed by atoms with van der Waals surface area (Å²) in [5.41, 5.74) is -0.301. The lowest BCUT2D eigenvalue weighted by Crippen LogP contribution is -2.04. The number of hydrogen-bond acceptors (Lipinski definition) is 1. The summed E-state index contributed by atoms with van der Waals surface area (Å²) in [6, 6.07) is 3.89. The van der Waals surface area contributed by atoms with Gasteiger partial charge in [-0.1, -0.05) is 17.7 Å². The zero-order chi connectivity index (χ0) is 9.14. The van der Waals surface area contributed by atoms with Crippen LogP contribution in [0, 0.1) is 5.82 Å². The Balaban J connectivity index is 3.16. The molecule has 0 unspecified atom stereocenters. The van der Waals surface area contributed by atoms with E-state index in [1.807, 2.05) is 0 Å². The Labute approximate surface area is 73.0 Å². The molecule has 0 aliphatic carbocycles. The van der Waals surface area contributed by atoms with Gasteiger partial charge < -0.3 is 0 Å². The molecule has 0 saturated heterocycles. The SMILES string of the molecule is O=C(CF)c1cccc(Cl)c1F. The number of benzene rings is 1. The third kappa shape index (κ3) is 1.61. The van der Waals surface area contributed by atoms with Gasteiger partial charge in [0.25, 0.3) is 0 Å². The van der Waals surface area contributed by atoms with Gasteiger partial charge in [0.15, 0.2) is 18.3 Å². The van der Waals surface area contributed by atoms with Crippen molar-refractivity contribution in [2.75, 3.05) is 6.67 Å². The molecule has 4 heteroatoms. The molecule has 1 aromatic rings. The summed E-state index contributed by atoms with van der Waals surface area (Å²) >= 11 is 5.37. The Kier molecular flexibility index (Phi) is 2.76. The highest BCUT2D eigenvalue weighted by Gasteiger charge is 2.12. The molecule has 64 valence electrons. The minimum absolute atomic E-state index is 0.172. The fraction of sp³-hybridized carbons (Fsp3) is 0.125. The molecule has 0 atom stereocenters. The summed E-state index contributed by atoms with van der Waals surface area (Å²) in [5.74, 6) is -1.75. The molecule has 0 aromatic heterocycles. The molecule has 0 aliphatic heterocycles. The zero-order valence-corrected chi connectivity index (χ0v) is 6.74. The first-order chi connectivity index (χ1) is 5.66. The summed E-state index contributed by atoms with van der Waals surface area (Å²) in [4.78, 5) is 10.7. The maximum absolute atomic E-state index is 12.9. The van der Waals surface area contributed by atoms with Gasteiger partial charge in [-0.3, -0.25) is 4.79 Å². The number of halogens is 3. The number of carbonyl (C=O) groups is 1. The van der Waals surface area contributed by atoms with Crippen molar-refractivity contribution in [1.29, 1.82) is 0 Å². The average molecular weight is 191 g/mol. The molecule has 1 rings (SSSR count). The van der Waals surface area contributed by atoms with Gasteiger partial charge in [0.05, 0.1) is 10.6 Å². The van der Waals surface area contributed by atoms with Crippen LogP contribution < -0.4 is 0 Å². The van der Waals surface area contributed by atoms with Gasteiger partial charge in [0.2, 0.25) is 0 Å². The fourth-order valence-electron chi connectivity index (χ4n) is 0.791. The third-order valence-electron chi connectivity index (χ3n) is 1.37. The molecule has 0 fully saturated rings. The van der Waals surface area contributed by atoms with Gasteiger partial charge in [-0.05, 0) is 12.1 Å². The Morgan fingerprint density at radius 1 is 1.50 bits per heavy atom. The van der Waals surface area contributed by atoms with Crippen LogP contribution in [0.3, 0.4) is 0 Å². The maximum atomic E-state index is 12.9. The van der Waals surface area contributed by atoms with Crippen molar-refractivity contribution in [2.45, 2.75) is 0 Å². The van der Waals surface area contributed by atoms with E-state index in [-0.39, 0.29) is 10.6 Å². The summed E-state index contributed by atoms with van der Waals surface area (Å²) in [5, 5.41) is -0.172. The van der Waals surface area contributed by atoms with E-state index < -0.39 is 18.3 Å². The molecule has 1 nitrogen and oxygen atoms in total. The van der Waals surface area contributed by atoms with Gasteiger partial charge in [-0.15, -0.1) is 0 Å². The standard InChI is InChI=1S/C8H5ClF2O/c9-6-3-1-2-5(8(6)11)7(12)4-10/h1-3H,4H2. The van der Waals surface area contributed by atoms with Crippen LogP contribution in [0.25, 0.3) is 0 Å². The van der Waals surface area contributed by atoms with E-state index in [1.54, 1.807) is 0 Å². The van der Waals surface area contributed by atoms with Gasteiger partial charge in [0, 0.05) is 0 Å². The van der Waals surface area contributed by atoms with Crippen molar-refractivity contribution >= 4 is 17.4 Å². The monoisotopic (exact) mass is 190 g/mol. The van der Waals surface area contributed by atoms with Crippen molar-refractivity contribution in [3.05, 3.63) is 34.6 Å². The number of hydrogen-bond donors (Lipinski definition) is 0. The predicted octanol–water partition coefficient (Wildman–Crippen LogP) is 2.63. The minimum Gasteiger partial charge on any atom is -0.291 e. The average Bonchev–Trinajstić information content (AvgIpc) is 2.08. The van der Waals surface area contributed by atoms with Crippen molar-refractivity contribution in [3.63, 3.8) is 0 Å². The largest absolute Gasteiger partial charge is 0.291 e. The van der Waals surface area contributed by atoms with E-state index in [1.165, 1.54) is 18.2 Å². The summed E-state index contributed by atoms with van der Waals surface area (Å²) < 4.78 is 24.7. The van der Waals surface area contributed by atoms with Crippen molar-refractivity contribution in [2.24, 2.45) is 0 Å². The van der Waals surface area contributed by atoms with E-state index in [9.17, 15) is 13.6 Å². The van der Waals surface area contributed by atoms with Crippen LogP contribution in [-0.4, -0.2) is 12.5 Å². The van der Waals surface area contributed by atoms with Crippen LogP contribution in [0.5, 0.6) is 0 Å². The summed E-state index contributed by atoms with van der Waals surface area (Å²) in [6.07, 6.45) is 0. The molecule has 0 bridgehead atoms. The molecule has 0 heterocycles. The molecule has 0 saturated carbocycles. The van der Waals surface area contributed by atoms with Crippen LogP contribution in [0.2, 0.25) is 5.02 Å². The Morgan fingerprint density at radius 3 is 2.75 bits per heavy atom. The lowest BCUT2D eigenvalue weighted by atomic mass is 10.1. The van der Waals surface area contributed by atoms with Gasteiger partial charge >= 0.3 is 0 Å². The first-order valence-electron chi connectivity index (χ1n) is 3.20. The Morgan fingerprint density at radius 2 is 2.17 bits per heavy atom. The third-order valence-corrected chi connectivity index (χ3v) is 1.67. The van der Waals surface area contributed by atoms with Crippen LogP contribution >= 0.6 is 11.6 Å². The molecule has 0 aliphatic rings. The maximum Gasteiger partial charge on any atom is 0.196 e. The topological polar surface area (TPSA) is 17.1 Å². The second-order valence-electron chi connectivity index (χ2n) is 2.16. The quantitative estimate of drug-likeness (QED) is 0.656. The second kappa shape index (κ2) is 3.63. The van der Waals surface area contributed by atoms with E-state index >= 15 is 0 Å². The number of ketones is 1. The van der Waals surface area contributed by atoms with E-state index in [4.69, 9.17) is 11.6 Å². The summed E-state index contributed by atoms with van der Waals surface area (Å²) in [6.45, 7) is -1.21. The van der Waals surface area contributed by atoms with Crippen LogP contribution in [0.4, 0.5) is 8.78 Å². The Bertz CT molecular complexity index is 312. The molecule has 0 spiro atoms. The van der Waals surface area contributed by atoms with Crippen molar-refractivity contribution < 1.29 is 13.6 Å². The molecule has 1 aromatic carbocycles. The normalized spacial score (nSPS) is 9.92. The first-order valence-corrected chi connectivity index (χ1v) is 3.57. The minimum atomic E-state index is -1.21. The fourth-order valence-corrected chi connectivity index (χ4v) is 0.966. The highest BCUT2D eigenvalue weighted by atomic mass is 35.5. The predicted molar refractivity (Wildman–Crippen MR) is 41.7 cm³/mol. The van der Waals surface area contributed by atoms with E-state index in [0.717, 1.165) is 0 Å². The summed E-state index contributed by atoms with van der Waals surface area (Å²) in [7, 11) is 0. The van der Waals surface area contributed by atoms with Gasteiger partial charge in [-0.2, -0.15) is 0 Å². The first kappa shape index (κ1) is 9.13. The van der Waals surface area contributed by atoms with Gasteiger partial charge in [0.1, 0.15) is 0 Å². The Hall–Kier alpha value is -0.960. The second-order valence-corrected chi connectivity index (χ2v) is 2.57. The van der Waals surface area contributed by atoms with E-state index in [2.05, 4.69) is 0 Å². The van der Waals surface area contributed by atoms with Gasteiger partial charge in [-0.25, -0.2) is 8.78 Å².